The molecule has 1 spiro atoms. The molecule has 29 heavy (non-hydrogen) atoms. The Morgan fingerprint density at radius 3 is 2.48 bits per heavy atom. The largest absolute Gasteiger partial charge is 0.489 e. The Hall–Kier alpha value is -3.09. The van der Waals surface area contributed by atoms with Gasteiger partial charge in [-0.3, -0.25) is 15.2 Å². The molecule has 2 aliphatic rings. The highest BCUT2D eigenvalue weighted by Gasteiger charge is 2.39. The topological polar surface area (TPSA) is 90.3 Å². The second-order valence-corrected chi connectivity index (χ2v) is 7.80. The van der Waals surface area contributed by atoms with E-state index in [0.29, 0.717) is 19.0 Å². The van der Waals surface area contributed by atoms with Crippen LogP contribution in [0.5, 0.6) is 5.75 Å². The van der Waals surface area contributed by atoms with Crippen molar-refractivity contribution in [2.24, 2.45) is 0 Å². The number of benzene rings is 1. The highest BCUT2D eigenvalue weighted by atomic mass is 16.5. The van der Waals surface area contributed by atoms with Crippen LogP contribution in [0.1, 0.15) is 30.4 Å². The smallest absolute Gasteiger partial charge is 0.222 e. The first kappa shape index (κ1) is 19.2. The lowest BCUT2D eigenvalue weighted by molar-refractivity contribution is -0.132. The number of piperidine rings is 1. The molecule has 7 heteroatoms. The first-order valence-corrected chi connectivity index (χ1v) is 10.1. The first-order chi connectivity index (χ1) is 14.1. The molecule has 0 unspecified atom stereocenters. The van der Waals surface area contributed by atoms with Crippen molar-refractivity contribution >= 4 is 11.9 Å². The summed E-state index contributed by atoms with van der Waals surface area (Å²) in [5, 5.41) is 14.0. The maximum atomic E-state index is 12.6. The Morgan fingerprint density at radius 2 is 1.83 bits per heavy atom. The minimum Gasteiger partial charge on any atom is -0.489 e. The summed E-state index contributed by atoms with van der Waals surface area (Å²) in [6.45, 7) is 2.80. The van der Waals surface area contributed by atoms with Gasteiger partial charge >= 0.3 is 0 Å². The van der Waals surface area contributed by atoms with E-state index in [9.17, 15) is 4.79 Å². The minimum absolute atomic E-state index is 0.0417. The first-order valence-electron chi connectivity index (χ1n) is 10.1. The number of carbonyl (C=O) groups is 1. The van der Waals surface area contributed by atoms with E-state index >= 15 is 0 Å². The van der Waals surface area contributed by atoms with Crippen LogP contribution in [-0.2, 0) is 17.8 Å². The molecule has 1 amide bonds. The third-order valence-electron chi connectivity index (χ3n) is 5.77. The predicted molar refractivity (Wildman–Crippen MR) is 111 cm³/mol. The molecule has 2 aromatic rings. The average Bonchev–Trinajstić information content (AvgIpc) is 3.12. The van der Waals surface area contributed by atoms with E-state index in [0.717, 1.165) is 55.8 Å². The fraction of sp³-hybridized carbons (Fsp3) is 0.409. The molecule has 0 bridgehead atoms. The highest BCUT2D eigenvalue weighted by molar-refractivity contribution is 5.80. The van der Waals surface area contributed by atoms with Crippen molar-refractivity contribution in [3.63, 3.8) is 0 Å². The zero-order valence-electron chi connectivity index (χ0n) is 16.5. The summed E-state index contributed by atoms with van der Waals surface area (Å²) in [5.41, 5.74) is 2.18. The summed E-state index contributed by atoms with van der Waals surface area (Å²) in [6, 6.07) is 11.8. The quantitative estimate of drug-likeness (QED) is 0.699. The van der Waals surface area contributed by atoms with Crippen LogP contribution in [0.4, 0.5) is 0 Å². The fourth-order valence-corrected chi connectivity index (χ4v) is 3.90. The van der Waals surface area contributed by atoms with Gasteiger partial charge in [-0.25, -0.2) is 0 Å². The van der Waals surface area contributed by atoms with Gasteiger partial charge in [-0.1, -0.05) is 12.1 Å². The molecule has 4 rings (SSSR count). The van der Waals surface area contributed by atoms with Gasteiger partial charge in [-0.2, -0.15) is 0 Å². The van der Waals surface area contributed by atoms with E-state index in [1.165, 1.54) is 0 Å². The lowest BCUT2D eigenvalue weighted by Crippen LogP contribution is -2.53. The van der Waals surface area contributed by atoms with Gasteiger partial charge in [0.25, 0.3) is 0 Å². The van der Waals surface area contributed by atoms with E-state index in [2.05, 4.69) is 15.6 Å². The number of aryl methyl sites for hydroxylation is 1. The normalized spacial score (nSPS) is 17.7. The van der Waals surface area contributed by atoms with Crippen molar-refractivity contribution in [3.05, 3.63) is 59.9 Å². The monoisotopic (exact) mass is 393 g/mol. The third-order valence-corrected chi connectivity index (χ3v) is 5.77. The van der Waals surface area contributed by atoms with Gasteiger partial charge in [-0.15, -0.1) is 0 Å². The van der Waals surface area contributed by atoms with E-state index in [-0.39, 0.29) is 11.4 Å². The van der Waals surface area contributed by atoms with Crippen molar-refractivity contribution in [3.8, 4) is 5.75 Å². The van der Waals surface area contributed by atoms with Crippen molar-refractivity contribution in [1.82, 2.24) is 20.5 Å². The molecule has 3 heterocycles. The summed E-state index contributed by atoms with van der Waals surface area (Å²) >= 11 is 0. The summed E-state index contributed by atoms with van der Waals surface area (Å²) in [4.78, 5) is 18.5. The van der Waals surface area contributed by atoms with Crippen molar-refractivity contribution < 1.29 is 9.53 Å². The lowest BCUT2D eigenvalue weighted by Gasteiger charge is -2.38. The Balaban J connectivity index is 1.21. The van der Waals surface area contributed by atoms with Gasteiger partial charge in [-0.05, 0) is 54.7 Å². The Kier molecular flexibility index (Phi) is 5.64. The van der Waals surface area contributed by atoms with E-state index < -0.39 is 0 Å². The van der Waals surface area contributed by atoms with Gasteiger partial charge in [0.15, 0.2) is 5.96 Å². The number of aromatic nitrogens is 1. The molecule has 2 aliphatic heterocycles. The number of nitrogens with one attached hydrogen (secondary N) is 3. The Morgan fingerprint density at radius 1 is 1.10 bits per heavy atom. The molecule has 1 aromatic carbocycles. The maximum Gasteiger partial charge on any atom is 0.222 e. The molecule has 1 aromatic heterocycles. The molecule has 3 N–H and O–H groups in total. The summed E-state index contributed by atoms with van der Waals surface area (Å²) in [7, 11) is 0. The molecular weight excluding hydrogens is 366 g/mol. The van der Waals surface area contributed by atoms with Crippen molar-refractivity contribution in [2.75, 3.05) is 19.6 Å². The number of amides is 1. The summed E-state index contributed by atoms with van der Waals surface area (Å²) < 4.78 is 5.79. The van der Waals surface area contributed by atoms with Crippen LogP contribution in [0, 0.1) is 5.41 Å². The Labute approximate surface area is 171 Å². The molecule has 0 aliphatic carbocycles. The minimum atomic E-state index is -0.0417. The van der Waals surface area contributed by atoms with E-state index in [1.807, 2.05) is 41.3 Å². The number of carbonyl (C=O) groups excluding carboxylic acids is 1. The number of hydrogen-bond donors (Lipinski definition) is 3. The van der Waals surface area contributed by atoms with Crippen molar-refractivity contribution in [1.29, 1.82) is 5.41 Å². The zero-order chi connectivity index (χ0) is 20.1. The molecule has 0 atom stereocenters. The van der Waals surface area contributed by atoms with Gasteiger partial charge in [0.1, 0.15) is 12.4 Å². The maximum absolute atomic E-state index is 12.6. The molecule has 0 saturated carbocycles. The molecule has 0 radical (unpaired) electrons. The van der Waals surface area contributed by atoms with Gasteiger partial charge in [0.05, 0.1) is 5.54 Å². The third kappa shape index (κ3) is 4.85. The van der Waals surface area contributed by atoms with Crippen LogP contribution in [0.25, 0.3) is 0 Å². The highest BCUT2D eigenvalue weighted by Crippen LogP contribution is 2.25. The zero-order valence-corrected chi connectivity index (χ0v) is 16.5. The van der Waals surface area contributed by atoms with Crippen LogP contribution in [0.2, 0.25) is 0 Å². The molecule has 2 saturated heterocycles. The number of hydrogen-bond acceptors (Lipinski definition) is 4. The van der Waals surface area contributed by atoms with Crippen LogP contribution >= 0.6 is 0 Å². The van der Waals surface area contributed by atoms with Crippen LogP contribution < -0.4 is 15.4 Å². The van der Waals surface area contributed by atoms with Crippen molar-refractivity contribution in [2.45, 2.75) is 37.8 Å². The average molecular weight is 393 g/mol. The Bertz CT molecular complexity index is 845. The number of likely N-dealkylation sites (tertiary alicyclic amines) is 1. The van der Waals surface area contributed by atoms with E-state index in [1.54, 1.807) is 12.4 Å². The SMILES string of the molecule is N=C1NCC2(CCN(C(=O)CCc3ccc(OCc4ccncc4)cc3)CC2)N1. The fourth-order valence-electron chi connectivity index (χ4n) is 3.90. The number of ether oxygens (including phenoxy) is 1. The van der Waals surface area contributed by atoms with Crippen LogP contribution in [0.15, 0.2) is 48.8 Å². The predicted octanol–water partition coefficient (Wildman–Crippen LogP) is 2.08. The van der Waals surface area contributed by atoms with Crippen LogP contribution in [-0.4, -0.2) is 46.9 Å². The number of guanidine groups is 1. The molecule has 152 valence electrons. The van der Waals surface area contributed by atoms with Gasteiger partial charge < -0.3 is 20.3 Å². The lowest BCUT2D eigenvalue weighted by atomic mass is 9.88. The summed E-state index contributed by atoms with van der Waals surface area (Å²) in [6.07, 6.45) is 6.54. The molecular formula is C22H27N5O2. The summed E-state index contributed by atoms with van der Waals surface area (Å²) in [5.74, 6) is 1.43. The number of pyridine rings is 1. The molecule has 7 nitrogen and oxygen atoms in total. The molecule has 2 fully saturated rings. The van der Waals surface area contributed by atoms with Gasteiger partial charge in [0, 0.05) is 38.4 Å². The van der Waals surface area contributed by atoms with Gasteiger partial charge in [0.2, 0.25) is 5.91 Å². The number of nitrogens with zero attached hydrogens (tertiary/aromatic N) is 2. The second kappa shape index (κ2) is 8.51. The van der Waals surface area contributed by atoms with Crippen LogP contribution in [0.3, 0.4) is 0 Å². The van der Waals surface area contributed by atoms with E-state index in [4.69, 9.17) is 10.1 Å². The standard InChI is InChI=1S/C22H27N5O2/c23-21-25-16-22(26-21)9-13-27(14-10-22)20(28)6-3-17-1-4-19(5-2-17)29-15-18-7-11-24-12-8-18/h1-2,4-5,7-8,11-12H,3,6,9-10,13-16H2,(H3,23,25,26). The second-order valence-electron chi connectivity index (χ2n) is 7.80. The number of rotatable bonds is 6.